The number of nitrogens with zero attached hydrogens (tertiary/aromatic N) is 2. The second kappa shape index (κ2) is 4.75. The molecular weight excluding hydrogens is 258 g/mol. The number of aliphatic hydroxyl groups excluding tert-OH is 1. The van der Waals surface area contributed by atoms with Gasteiger partial charge in [0.25, 0.3) is 0 Å². The third-order valence-electron chi connectivity index (χ3n) is 3.49. The van der Waals surface area contributed by atoms with Crippen LogP contribution >= 0.6 is 12.2 Å². The molecule has 5 heteroatoms. The number of rotatable bonds is 2. The summed E-state index contributed by atoms with van der Waals surface area (Å²) in [6.45, 7) is 1.43. The normalized spacial score (nSPS) is 19.0. The van der Waals surface area contributed by atoms with E-state index in [2.05, 4.69) is 9.88 Å². The van der Waals surface area contributed by atoms with Crippen LogP contribution in [0.3, 0.4) is 0 Å². The van der Waals surface area contributed by atoms with E-state index >= 15 is 0 Å². The van der Waals surface area contributed by atoms with Crippen molar-refractivity contribution >= 4 is 33.8 Å². The molecule has 1 unspecified atom stereocenters. The first-order valence-corrected chi connectivity index (χ1v) is 6.68. The second-order valence-electron chi connectivity index (χ2n) is 4.79. The molecule has 1 fully saturated rings. The van der Waals surface area contributed by atoms with Gasteiger partial charge in [-0.2, -0.15) is 0 Å². The maximum absolute atomic E-state index is 9.74. The van der Waals surface area contributed by atoms with Gasteiger partial charge < -0.3 is 15.7 Å². The molecule has 2 aromatic rings. The van der Waals surface area contributed by atoms with E-state index < -0.39 is 0 Å². The predicted octanol–water partition coefficient (Wildman–Crippen LogP) is 1.44. The number of benzene rings is 1. The van der Waals surface area contributed by atoms with Gasteiger partial charge in [0, 0.05) is 24.7 Å². The fraction of sp³-hybridized carbons (Fsp3) is 0.286. The molecule has 0 spiro atoms. The fourth-order valence-electron chi connectivity index (χ4n) is 2.59. The number of anilines is 1. The van der Waals surface area contributed by atoms with Crippen LogP contribution in [0.2, 0.25) is 0 Å². The van der Waals surface area contributed by atoms with Crippen LogP contribution in [0.4, 0.5) is 5.69 Å². The number of aliphatic hydroxyl groups is 1. The van der Waals surface area contributed by atoms with E-state index in [9.17, 15) is 5.11 Å². The van der Waals surface area contributed by atoms with E-state index in [1.807, 2.05) is 24.3 Å². The predicted molar refractivity (Wildman–Crippen MR) is 80.5 cm³/mol. The molecule has 0 radical (unpaired) electrons. The van der Waals surface area contributed by atoms with Gasteiger partial charge in [0.2, 0.25) is 0 Å². The summed E-state index contributed by atoms with van der Waals surface area (Å²) in [7, 11) is 0. The lowest BCUT2D eigenvalue weighted by Crippen LogP contribution is -2.25. The minimum Gasteiger partial charge on any atom is -0.391 e. The molecule has 1 atom stereocenters. The SMILES string of the molecule is NC(=S)c1cnc2ccccc2c1N1CCC(O)C1. The lowest BCUT2D eigenvalue weighted by molar-refractivity contribution is 0.198. The van der Waals surface area contributed by atoms with Crippen LogP contribution in [0.1, 0.15) is 12.0 Å². The van der Waals surface area contributed by atoms with Crippen molar-refractivity contribution in [1.29, 1.82) is 0 Å². The second-order valence-corrected chi connectivity index (χ2v) is 5.23. The zero-order chi connectivity index (χ0) is 13.4. The van der Waals surface area contributed by atoms with Crippen molar-refractivity contribution in [3.05, 3.63) is 36.0 Å². The zero-order valence-corrected chi connectivity index (χ0v) is 11.2. The molecule has 3 rings (SSSR count). The van der Waals surface area contributed by atoms with Crippen molar-refractivity contribution in [2.45, 2.75) is 12.5 Å². The lowest BCUT2D eigenvalue weighted by atomic mass is 10.1. The summed E-state index contributed by atoms with van der Waals surface area (Å²) < 4.78 is 0. The number of nitrogens with two attached hydrogens (primary N) is 1. The number of fused-ring (bicyclic) bond motifs is 1. The zero-order valence-electron chi connectivity index (χ0n) is 10.4. The molecule has 1 aliphatic rings. The number of hydrogen-bond donors (Lipinski definition) is 2. The standard InChI is InChI=1S/C14H15N3OS/c15-14(19)11-7-16-12-4-2-1-3-10(12)13(11)17-6-5-9(18)8-17/h1-4,7,9,18H,5-6,8H2,(H2,15,19). The molecule has 0 aliphatic carbocycles. The van der Waals surface area contributed by atoms with Gasteiger partial charge in [0.05, 0.1) is 22.9 Å². The van der Waals surface area contributed by atoms with Crippen LogP contribution < -0.4 is 10.6 Å². The van der Waals surface area contributed by atoms with Gasteiger partial charge in [-0.05, 0) is 12.5 Å². The van der Waals surface area contributed by atoms with Gasteiger partial charge in [-0.3, -0.25) is 4.98 Å². The van der Waals surface area contributed by atoms with E-state index in [4.69, 9.17) is 18.0 Å². The van der Waals surface area contributed by atoms with Crippen LogP contribution in [0.25, 0.3) is 10.9 Å². The number of aromatic nitrogens is 1. The molecule has 1 saturated heterocycles. The number of pyridine rings is 1. The van der Waals surface area contributed by atoms with Crippen LogP contribution in [-0.4, -0.2) is 34.3 Å². The Bertz CT molecular complexity index is 644. The molecule has 1 aromatic heterocycles. The molecule has 19 heavy (non-hydrogen) atoms. The summed E-state index contributed by atoms with van der Waals surface area (Å²) in [6.07, 6.45) is 2.21. The van der Waals surface area contributed by atoms with Crippen LogP contribution in [0.15, 0.2) is 30.5 Å². The Morgan fingerprint density at radius 2 is 2.21 bits per heavy atom. The van der Waals surface area contributed by atoms with Gasteiger partial charge in [0.1, 0.15) is 4.99 Å². The summed E-state index contributed by atoms with van der Waals surface area (Å²) in [4.78, 5) is 6.88. The van der Waals surface area contributed by atoms with Gasteiger partial charge in [-0.25, -0.2) is 0 Å². The lowest BCUT2D eigenvalue weighted by Gasteiger charge is -2.22. The summed E-state index contributed by atoms with van der Waals surface area (Å²) in [6, 6.07) is 7.92. The average molecular weight is 273 g/mol. The monoisotopic (exact) mass is 273 g/mol. The molecule has 0 saturated carbocycles. The summed E-state index contributed by atoms with van der Waals surface area (Å²) in [5, 5.41) is 10.8. The average Bonchev–Trinajstić information content (AvgIpc) is 2.83. The highest BCUT2D eigenvalue weighted by Crippen LogP contribution is 2.31. The third kappa shape index (κ3) is 2.15. The molecule has 1 aliphatic heterocycles. The molecule has 98 valence electrons. The maximum Gasteiger partial charge on any atom is 0.107 e. The smallest absolute Gasteiger partial charge is 0.107 e. The van der Waals surface area contributed by atoms with Gasteiger partial charge in [-0.15, -0.1) is 0 Å². The Hall–Kier alpha value is -1.72. The Kier molecular flexibility index (Phi) is 3.08. The summed E-state index contributed by atoms with van der Waals surface area (Å²) in [5.41, 5.74) is 8.50. The number of thiocarbonyl (C=S) groups is 1. The van der Waals surface area contributed by atoms with E-state index in [1.54, 1.807) is 6.20 Å². The first kappa shape index (κ1) is 12.3. The Morgan fingerprint density at radius 3 is 2.89 bits per heavy atom. The molecular formula is C14H15N3OS. The maximum atomic E-state index is 9.74. The Morgan fingerprint density at radius 1 is 1.42 bits per heavy atom. The molecule has 1 aromatic carbocycles. The third-order valence-corrected chi connectivity index (χ3v) is 3.71. The Balaban J connectivity index is 2.23. The highest BCUT2D eigenvalue weighted by molar-refractivity contribution is 7.80. The van der Waals surface area contributed by atoms with E-state index in [-0.39, 0.29) is 6.10 Å². The van der Waals surface area contributed by atoms with Gasteiger partial charge >= 0.3 is 0 Å². The molecule has 4 nitrogen and oxygen atoms in total. The number of para-hydroxylation sites is 1. The van der Waals surface area contributed by atoms with E-state index in [0.29, 0.717) is 11.5 Å². The van der Waals surface area contributed by atoms with Crippen molar-refractivity contribution in [3.8, 4) is 0 Å². The number of hydrogen-bond acceptors (Lipinski definition) is 4. The summed E-state index contributed by atoms with van der Waals surface area (Å²) in [5.74, 6) is 0. The van der Waals surface area contributed by atoms with Crippen molar-refractivity contribution in [2.75, 3.05) is 18.0 Å². The van der Waals surface area contributed by atoms with Crippen LogP contribution in [0.5, 0.6) is 0 Å². The number of β-amino-alcohol motifs (C(OH)–C–C–N with tert-alkyl or cyclic N) is 1. The Labute approximate surface area is 116 Å². The molecule has 2 heterocycles. The highest BCUT2D eigenvalue weighted by Gasteiger charge is 2.25. The molecule has 3 N–H and O–H groups in total. The van der Waals surface area contributed by atoms with Crippen molar-refractivity contribution < 1.29 is 5.11 Å². The first-order chi connectivity index (χ1) is 9.16. The largest absolute Gasteiger partial charge is 0.391 e. The van der Waals surface area contributed by atoms with Gasteiger partial charge in [0.15, 0.2) is 0 Å². The summed E-state index contributed by atoms with van der Waals surface area (Å²) >= 11 is 5.13. The molecule has 0 bridgehead atoms. The van der Waals surface area contributed by atoms with Gasteiger partial charge in [-0.1, -0.05) is 30.4 Å². The topological polar surface area (TPSA) is 62.4 Å². The van der Waals surface area contributed by atoms with Crippen molar-refractivity contribution in [2.24, 2.45) is 5.73 Å². The quantitative estimate of drug-likeness (QED) is 0.811. The molecule has 0 amide bonds. The minimum absolute atomic E-state index is 0.286. The van der Waals surface area contributed by atoms with E-state index in [0.717, 1.165) is 35.1 Å². The fourth-order valence-corrected chi connectivity index (χ4v) is 2.74. The minimum atomic E-state index is -0.286. The first-order valence-electron chi connectivity index (χ1n) is 6.27. The van der Waals surface area contributed by atoms with Crippen LogP contribution in [0, 0.1) is 0 Å². The van der Waals surface area contributed by atoms with E-state index in [1.165, 1.54) is 0 Å². The van der Waals surface area contributed by atoms with Crippen molar-refractivity contribution in [1.82, 2.24) is 4.98 Å². The van der Waals surface area contributed by atoms with Crippen LogP contribution in [-0.2, 0) is 0 Å². The highest BCUT2D eigenvalue weighted by atomic mass is 32.1. The van der Waals surface area contributed by atoms with Crippen molar-refractivity contribution in [3.63, 3.8) is 0 Å².